The average Bonchev–Trinajstić information content (AvgIpc) is 2.60. The van der Waals surface area contributed by atoms with Gasteiger partial charge in [0.1, 0.15) is 0 Å². The minimum atomic E-state index is 0.536. The van der Waals surface area contributed by atoms with E-state index in [9.17, 15) is 0 Å². The van der Waals surface area contributed by atoms with E-state index < -0.39 is 0 Å². The quantitative estimate of drug-likeness (QED) is 0.692. The van der Waals surface area contributed by atoms with Gasteiger partial charge in [-0.15, -0.1) is 0 Å². The standard InChI is InChI=1S/C10H19NO/c1-7(2)6-11-9-5-8-3-4-10(9)12-8/h7-11H,3-6H2,1-2H3. The van der Waals surface area contributed by atoms with Crippen molar-refractivity contribution in [3.63, 3.8) is 0 Å². The highest BCUT2D eigenvalue weighted by Crippen LogP contribution is 2.34. The van der Waals surface area contributed by atoms with Crippen molar-refractivity contribution in [3.8, 4) is 0 Å². The molecule has 3 atom stereocenters. The fraction of sp³-hybridized carbons (Fsp3) is 1.00. The van der Waals surface area contributed by atoms with Gasteiger partial charge in [0.2, 0.25) is 0 Å². The molecule has 2 bridgehead atoms. The fourth-order valence-corrected chi connectivity index (χ4v) is 2.24. The summed E-state index contributed by atoms with van der Waals surface area (Å²) in [6.45, 7) is 5.64. The molecule has 2 aliphatic rings. The molecule has 2 nitrogen and oxygen atoms in total. The van der Waals surface area contributed by atoms with E-state index in [1.165, 1.54) is 19.3 Å². The molecule has 0 saturated carbocycles. The fourth-order valence-electron chi connectivity index (χ4n) is 2.24. The molecular formula is C10H19NO. The number of hydrogen-bond acceptors (Lipinski definition) is 2. The van der Waals surface area contributed by atoms with Crippen LogP contribution < -0.4 is 5.32 Å². The van der Waals surface area contributed by atoms with Crippen molar-refractivity contribution >= 4 is 0 Å². The van der Waals surface area contributed by atoms with Gasteiger partial charge in [-0.3, -0.25) is 0 Å². The predicted octanol–water partition coefficient (Wildman–Crippen LogP) is 1.55. The van der Waals surface area contributed by atoms with E-state index >= 15 is 0 Å². The third-order valence-electron chi connectivity index (χ3n) is 2.89. The van der Waals surface area contributed by atoms with Gasteiger partial charge >= 0.3 is 0 Å². The molecule has 0 aromatic heterocycles. The maximum absolute atomic E-state index is 5.75. The Balaban J connectivity index is 1.76. The lowest BCUT2D eigenvalue weighted by Gasteiger charge is -2.21. The molecule has 3 unspecified atom stereocenters. The lowest BCUT2D eigenvalue weighted by atomic mass is 9.95. The van der Waals surface area contributed by atoms with Crippen molar-refractivity contribution in [2.24, 2.45) is 5.92 Å². The average molecular weight is 169 g/mol. The molecule has 0 radical (unpaired) electrons. The molecule has 0 aliphatic carbocycles. The predicted molar refractivity (Wildman–Crippen MR) is 49.1 cm³/mol. The molecule has 2 aliphatic heterocycles. The van der Waals surface area contributed by atoms with E-state index in [1.54, 1.807) is 0 Å². The first-order chi connectivity index (χ1) is 5.75. The summed E-state index contributed by atoms with van der Waals surface area (Å²) < 4.78 is 5.75. The summed E-state index contributed by atoms with van der Waals surface area (Å²) in [6.07, 6.45) is 4.94. The van der Waals surface area contributed by atoms with Crippen LogP contribution in [0.15, 0.2) is 0 Å². The molecule has 2 fully saturated rings. The number of nitrogens with one attached hydrogen (secondary N) is 1. The van der Waals surface area contributed by atoms with Crippen molar-refractivity contribution in [2.45, 2.75) is 51.4 Å². The minimum absolute atomic E-state index is 0.536. The van der Waals surface area contributed by atoms with Crippen molar-refractivity contribution < 1.29 is 4.74 Å². The number of hydrogen-bond donors (Lipinski definition) is 1. The Morgan fingerprint density at radius 1 is 1.42 bits per heavy atom. The van der Waals surface area contributed by atoms with Gasteiger partial charge in [-0.05, 0) is 31.7 Å². The maximum Gasteiger partial charge on any atom is 0.0733 e. The van der Waals surface area contributed by atoms with Crippen molar-refractivity contribution in [2.75, 3.05) is 6.54 Å². The molecule has 0 amide bonds. The summed E-state index contributed by atoms with van der Waals surface area (Å²) in [7, 11) is 0. The summed E-state index contributed by atoms with van der Waals surface area (Å²) in [5.74, 6) is 0.754. The molecule has 1 N–H and O–H groups in total. The van der Waals surface area contributed by atoms with Crippen molar-refractivity contribution in [3.05, 3.63) is 0 Å². The first-order valence-electron chi connectivity index (χ1n) is 5.14. The number of rotatable bonds is 3. The van der Waals surface area contributed by atoms with Crippen molar-refractivity contribution in [1.29, 1.82) is 0 Å². The van der Waals surface area contributed by atoms with Crippen LogP contribution in [0.5, 0.6) is 0 Å². The SMILES string of the molecule is CC(C)CNC1CC2CCC1O2. The van der Waals surface area contributed by atoms with E-state index in [0.717, 1.165) is 12.5 Å². The Kier molecular flexibility index (Phi) is 2.37. The van der Waals surface area contributed by atoms with E-state index in [1.807, 2.05) is 0 Å². The largest absolute Gasteiger partial charge is 0.373 e. The van der Waals surface area contributed by atoms with E-state index in [2.05, 4.69) is 19.2 Å². The normalized spacial score (nSPS) is 39.8. The second kappa shape index (κ2) is 3.35. The van der Waals surface area contributed by atoms with Gasteiger partial charge in [0.05, 0.1) is 12.2 Å². The molecule has 2 heteroatoms. The van der Waals surface area contributed by atoms with Gasteiger partial charge in [0, 0.05) is 6.04 Å². The second-order valence-corrected chi connectivity index (χ2v) is 4.52. The maximum atomic E-state index is 5.75. The van der Waals surface area contributed by atoms with Crippen LogP contribution in [0.2, 0.25) is 0 Å². The van der Waals surface area contributed by atoms with Gasteiger partial charge in [-0.25, -0.2) is 0 Å². The zero-order valence-corrected chi connectivity index (χ0v) is 8.05. The van der Waals surface area contributed by atoms with E-state index in [-0.39, 0.29) is 0 Å². The highest BCUT2D eigenvalue weighted by molar-refractivity contribution is 4.93. The van der Waals surface area contributed by atoms with Crippen LogP contribution >= 0.6 is 0 Å². The minimum Gasteiger partial charge on any atom is -0.373 e. The third-order valence-corrected chi connectivity index (χ3v) is 2.89. The van der Waals surface area contributed by atoms with Gasteiger partial charge < -0.3 is 10.1 Å². The Labute approximate surface area is 74.7 Å². The van der Waals surface area contributed by atoms with Gasteiger partial charge in [-0.2, -0.15) is 0 Å². The van der Waals surface area contributed by atoms with E-state index in [4.69, 9.17) is 4.74 Å². The van der Waals surface area contributed by atoms with Crippen LogP contribution in [0.25, 0.3) is 0 Å². The van der Waals surface area contributed by atoms with Crippen LogP contribution in [0.1, 0.15) is 33.1 Å². The Hall–Kier alpha value is -0.0800. The molecule has 12 heavy (non-hydrogen) atoms. The summed E-state index contributed by atoms with van der Waals surface area (Å²) in [5, 5.41) is 3.59. The number of ether oxygens (including phenoxy) is 1. The lowest BCUT2D eigenvalue weighted by molar-refractivity contribution is 0.0971. The Morgan fingerprint density at radius 3 is 2.75 bits per heavy atom. The van der Waals surface area contributed by atoms with Gasteiger partial charge in [-0.1, -0.05) is 13.8 Å². The summed E-state index contributed by atoms with van der Waals surface area (Å²) >= 11 is 0. The summed E-state index contributed by atoms with van der Waals surface area (Å²) in [4.78, 5) is 0. The zero-order chi connectivity index (χ0) is 8.55. The van der Waals surface area contributed by atoms with E-state index in [0.29, 0.717) is 18.2 Å². The topological polar surface area (TPSA) is 21.3 Å². The first kappa shape index (κ1) is 8.52. The second-order valence-electron chi connectivity index (χ2n) is 4.52. The molecule has 70 valence electrons. The Bertz CT molecular complexity index is 158. The smallest absolute Gasteiger partial charge is 0.0733 e. The summed E-state index contributed by atoms with van der Waals surface area (Å²) in [6, 6.07) is 0.658. The highest BCUT2D eigenvalue weighted by atomic mass is 16.5. The van der Waals surface area contributed by atoms with Crippen LogP contribution in [-0.2, 0) is 4.74 Å². The highest BCUT2D eigenvalue weighted by Gasteiger charge is 2.40. The van der Waals surface area contributed by atoms with Gasteiger partial charge in [0.25, 0.3) is 0 Å². The van der Waals surface area contributed by atoms with Crippen LogP contribution in [0.4, 0.5) is 0 Å². The molecular weight excluding hydrogens is 150 g/mol. The third kappa shape index (κ3) is 1.64. The zero-order valence-electron chi connectivity index (χ0n) is 8.05. The molecule has 0 aromatic carbocycles. The molecule has 0 aromatic rings. The van der Waals surface area contributed by atoms with Gasteiger partial charge in [0.15, 0.2) is 0 Å². The summed E-state index contributed by atoms with van der Waals surface area (Å²) in [5.41, 5.74) is 0. The van der Waals surface area contributed by atoms with Crippen LogP contribution in [0.3, 0.4) is 0 Å². The number of fused-ring (bicyclic) bond motifs is 2. The van der Waals surface area contributed by atoms with Crippen molar-refractivity contribution in [1.82, 2.24) is 5.32 Å². The van der Waals surface area contributed by atoms with Crippen LogP contribution in [0, 0.1) is 5.92 Å². The molecule has 2 saturated heterocycles. The molecule has 0 spiro atoms. The first-order valence-corrected chi connectivity index (χ1v) is 5.14. The van der Waals surface area contributed by atoms with Crippen LogP contribution in [-0.4, -0.2) is 24.8 Å². The Morgan fingerprint density at radius 2 is 2.25 bits per heavy atom. The lowest BCUT2D eigenvalue weighted by Crippen LogP contribution is -2.39. The molecule has 2 rings (SSSR count). The monoisotopic (exact) mass is 169 g/mol. The molecule has 2 heterocycles.